The van der Waals surface area contributed by atoms with Crippen LogP contribution in [0.3, 0.4) is 0 Å². The Bertz CT molecular complexity index is 2630. The lowest BCUT2D eigenvalue weighted by atomic mass is 9.94. The number of carbonyl (C=O) groups excluding carboxylic acids is 7. The van der Waals surface area contributed by atoms with E-state index >= 15 is 0 Å². The third kappa shape index (κ3) is 19.2. The highest BCUT2D eigenvalue weighted by atomic mass is 16.5. The minimum Gasteiger partial charge on any atom is -0.508 e. The summed E-state index contributed by atoms with van der Waals surface area (Å²) in [5, 5.41) is 46.0. The molecule has 20 nitrogen and oxygen atoms in total. The summed E-state index contributed by atoms with van der Waals surface area (Å²) in [5.74, 6) is -12.2. The molecule has 7 amide bonds. The van der Waals surface area contributed by atoms with Crippen molar-refractivity contribution in [2.75, 3.05) is 14.2 Å². The number of ether oxygens (including phenoxy) is 1. The molecule has 0 aromatic heterocycles. The lowest BCUT2D eigenvalue weighted by Gasteiger charge is -2.28. The van der Waals surface area contributed by atoms with Crippen molar-refractivity contribution < 1.29 is 63.2 Å². The molecule has 0 radical (unpaired) electrons. The smallest absolute Gasteiger partial charge is 0.327 e. The molecule has 414 valence electrons. The number of carbonyl (C=O) groups is 9. The molecule has 0 saturated carbocycles. The lowest BCUT2D eigenvalue weighted by Crippen LogP contribution is -2.59. The maximum atomic E-state index is 14.6. The largest absolute Gasteiger partial charge is 0.508 e. The topological polar surface area (TPSA) is 299 Å². The van der Waals surface area contributed by atoms with Crippen molar-refractivity contribution >= 4 is 53.3 Å². The highest BCUT2D eigenvalue weighted by Crippen LogP contribution is 2.20. The number of carboxylic acids is 2. The van der Waals surface area contributed by atoms with Crippen LogP contribution >= 0.6 is 0 Å². The van der Waals surface area contributed by atoms with Crippen LogP contribution in [-0.2, 0) is 67.2 Å². The molecule has 0 unspecified atom stereocenters. The number of aromatic hydroxyl groups is 1. The second-order valence-corrected chi connectivity index (χ2v) is 19.4. The first-order chi connectivity index (χ1) is 36.5. The number of aryl methyl sites for hydroxylation is 2. The third-order valence-electron chi connectivity index (χ3n) is 13.5. The van der Waals surface area contributed by atoms with Gasteiger partial charge in [0.1, 0.15) is 41.7 Å². The van der Waals surface area contributed by atoms with Gasteiger partial charge in [-0.1, -0.05) is 124 Å². The summed E-state index contributed by atoms with van der Waals surface area (Å²) in [5.41, 5.74) is 2.79. The van der Waals surface area contributed by atoms with Crippen molar-refractivity contribution in [3.05, 3.63) is 138 Å². The predicted molar refractivity (Wildman–Crippen MR) is 286 cm³/mol. The van der Waals surface area contributed by atoms with Crippen LogP contribution in [0.1, 0.15) is 77.0 Å². The van der Waals surface area contributed by atoms with Crippen LogP contribution in [0.25, 0.3) is 0 Å². The van der Waals surface area contributed by atoms with Crippen LogP contribution in [-0.4, -0.2) is 130 Å². The average molecular weight is 1060 g/mol. The average Bonchev–Trinajstić information content (AvgIpc) is 3.41. The van der Waals surface area contributed by atoms with Crippen molar-refractivity contribution in [2.24, 2.45) is 17.8 Å². The Balaban J connectivity index is 1.78. The van der Waals surface area contributed by atoms with Gasteiger partial charge in [-0.3, -0.25) is 33.6 Å². The highest BCUT2D eigenvalue weighted by Gasteiger charge is 2.37. The van der Waals surface area contributed by atoms with Gasteiger partial charge in [0, 0.05) is 26.5 Å². The number of allylic oxidation sites excluding steroid dienone is 2. The predicted octanol–water partition coefficient (Wildman–Crippen LogP) is 3.49. The second-order valence-electron chi connectivity index (χ2n) is 19.4. The van der Waals surface area contributed by atoms with Gasteiger partial charge in [-0.05, 0) is 81.2 Å². The zero-order chi connectivity index (χ0) is 56.9. The van der Waals surface area contributed by atoms with E-state index in [4.69, 9.17) is 4.74 Å². The summed E-state index contributed by atoms with van der Waals surface area (Å²) in [6.07, 6.45) is 4.86. The van der Waals surface area contributed by atoms with Crippen LogP contribution in [0.4, 0.5) is 0 Å². The number of benzene rings is 3. The van der Waals surface area contributed by atoms with Crippen LogP contribution < -0.4 is 31.9 Å². The van der Waals surface area contributed by atoms with Gasteiger partial charge in [-0.2, -0.15) is 0 Å². The maximum Gasteiger partial charge on any atom is 0.327 e. The Labute approximate surface area is 449 Å². The van der Waals surface area contributed by atoms with E-state index in [1.54, 1.807) is 61.7 Å². The fourth-order valence-corrected chi connectivity index (χ4v) is 8.45. The van der Waals surface area contributed by atoms with E-state index in [0.29, 0.717) is 17.6 Å². The van der Waals surface area contributed by atoms with Gasteiger partial charge in [0.05, 0.1) is 24.0 Å². The van der Waals surface area contributed by atoms with Crippen molar-refractivity contribution in [1.29, 1.82) is 0 Å². The molecule has 0 bridgehead atoms. The quantitative estimate of drug-likeness (QED) is 0.0779. The normalized spacial score (nSPS) is 24.2. The Morgan fingerprint density at radius 2 is 1.23 bits per heavy atom. The molecule has 0 aliphatic carbocycles. The number of hydrogen-bond acceptors (Lipinski definition) is 11. The minimum absolute atomic E-state index is 0.0154. The summed E-state index contributed by atoms with van der Waals surface area (Å²) < 4.78 is 5.84. The van der Waals surface area contributed by atoms with E-state index in [2.05, 4.69) is 38.5 Å². The maximum absolute atomic E-state index is 14.6. The number of carboxylic acid groups (broad SMARTS) is 2. The van der Waals surface area contributed by atoms with Crippen LogP contribution in [0.5, 0.6) is 5.75 Å². The molecule has 9 N–H and O–H groups in total. The number of phenolic OH excluding ortho intramolecular Hbond substituents is 1. The number of aliphatic carboxylic acids is 2. The van der Waals surface area contributed by atoms with Gasteiger partial charge in [0.25, 0.3) is 5.91 Å². The molecule has 77 heavy (non-hydrogen) atoms. The molecule has 4 rings (SSSR count). The molecule has 1 aliphatic heterocycles. The first-order valence-electron chi connectivity index (χ1n) is 25.5. The third-order valence-corrected chi connectivity index (χ3v) is 13.5. The van der Waals surface area contributed by atoms with E-state index in [9.17, 15) is 58.5 Å². The Hall–Kier alpha value is -8.13. The number of rotatable bonds is 15. The summed E-state index contributed by atoms with van der Waals surface area (Å²) >= 11 is 0. The van der Waals surface area contributed by atoms with Gasteiger partial charge in [0.2, 0.25) is 35.4 Å². The highest BCUT2D eigenvalue weighted by molar-refractivity contribution is 6.00. The number of nitrogens with one attached hydrogen (secondary N) is 6. The van der Waals surface area contributed by atoms with Crippen LogP contribution in [0, 0.1) is 17.8 Å². The van der Waals surface area contributed by atoms with Gasteiger partial charge < -0.3 is 56.9 Å². The zero-order valence-corrected chi connectivity index (χ0v) is 44.6. The van der Waals surface area contributed by atoms with Crippen molar-refractivity contribution in [3.8, 4) is 5.75 Å². The van der Waals surface area contributed by atoms with E-state index in [-0.39, 0.29) is 43.5 Å². The first-order valence-corrected chi connectivity index (χ1v) is 25.5. The van der Waals surface area contributed by atoms with E-state index in [1.165, 1.54) is 40.0 Å². The first kappa shape index (κ1) is 61.4. The molecule has 1 saturated heterocycles. The van der Waals surface area contributed by atoms with Crippen LogP contribution in [0.2, 0.25) is 0 Å². The molecule has 1 fully saturated rings. The molecular formula is C57H73N7O13. The summed E-state index contributed by atoms with van der Waals surface area (Å²) in [6, 6.07) is 15.9. The molecule has 20 heteroatoms. The molecular weight excluding hydrogens is 991 g/mol. The number of phenols is 1. The molecule has 10 atom stereocenters. The Kier molecular flexibility index (Phi) is 23.8. The number of nitrogens with zero attached hydrogens (tertiary/aromatic N) is 1. The van der Waals surface area contributed by atoms with Crippen molar-refractivity contribution in [2.45, 2.75) is 122 Å². The number of methoxy groups -OCH3 is 1. The van der Waals surface area contributed by atoms with Gasteiger partial charge in [-0.15, -0.1) is 0 Å². The molecule has 1 heterocycles. The Morgan fingerprint density at radius 1 is 0.701 bits per heavy atom. The van der Waals surface area contributed by atoms with Gasteiger partial charge in [-0.25, -0.2) is 9.59 Å². The molecule has 3 aromatic rings. The van der Waals surface area contributed by atoms with Crippen LogP contribution in [0.15, 0.2) is 121 Å². The fourth-order valence-electron chi connectivity index (χ4n) is 8.45. The van der Waals surface area contributed by atoms with Crippen molar-refractivity contribution in [1.82, 2.24) is 36.8 Å². The second kappa shape index (κ2) is 29.8. The molecule has 3 aromatic carbocycles. The van der Waals surface area contributed by atoms with Gasteiger partial charge in [0.15, 0.2) is 0 Å². The lowest BCUT2D eigenvalue weighted by molar-refractivity contribution is -0.146. The summed E-state index contributed by atoms with van der Waals surface area (Å²) in [7, 11) is 2.83. The number of hydrogen-bond donors (Lipinski definition) is 9. The SMILES string of the molecule is C=C1C(=O)N[C@H](C)C(=O)N[C@@H](CCc2ccccc2)C(=O)N[C@@H](C(=O)O)[C@H](C)C(=O)N[C@@H](CCc2ccc(O)cc2)C(=O)N[C@@H](C=CC(C)=C[C@H](C)[C@H](Cc2ccccc2)OC)[C@H](C)C(=O)N[C@@H](C(=O)O)CCC(=O)N1C. The van der Waals surface area contributed by atoms with E-state index < -0.39 is 120 Å². The standard InChI is InChI=1S/C57H73N7O13/c1-33(31-34(2)47(77-8)32-41-17-13-10-14-18-41)19-26-43-35(3)50(67)62-46(56(73)74)29-30-48(66)64(7)38(6)53(70)58-37(5)52(69)61-45(27-22-39-15-11-9-12-16-39)55(72)63-49(57(75)76)36(4)51(68)60-44(54(71)59-43)28-23-40-20-24-42(65)25-21-40/h9-21,24-26,31,34-37,43-47,49,65H,6,22-23,27-30,32H2,1-5,7-8H3,(H,58,70)(H,59,71)(H,60,68)(H,61,69)(H,62,67)(H,63,72)(H,73,74)(H,75,76)/t34-,35-,36-,37+,43-,44-,45-,46+,47-,49+/m0/s1. The van der Waals surface area contributed by atoms with Gasteiger partial charge >= 0.3 is 11.9 Å². The summed E-state index contributed by atoms with van der Waals surface area (Å²) in [4.78, 5) is 124. The van der Waals surface area contributed by atoms with Crippen molar-refractivity contribution in [3.63, 3.8) is 0 Å². The molecule has 0 spiro atoms. The fraction of sp³-hybridized carbons (Fsp3) is 0.421. The summed E-state index contributed by atoms with van der Waals surface area (Å²) in [6.45, 7) is 11.4. The zero-order valence-electron chi connectivity index (χ0n) is 44.6. The minimum atomic E-state index is -1.91. The Morgan fingerprint density at radius 3 is 1.79 bits per heavy atom. The molecule has 1 aliphatic rings. The van der Waals surface area contributed by atoms with E-state index in [1.807, 2.05) is 50.3 Å². The number of amides is 7. The van der Waals surface area contributed by atoms with E-state index in [0.717, 1.165) is 16.0 Å². The monoisotopic (exact) mass is 1060 g/mol. The number of likely N-dealkylation sites (N-methyl/N-ethyl adjacent to an activating group) is 1.